The first-order valence-corrected chi connectivity index (χ1v) is 11.6. The Balaban J connectivity index is 1.62. The van der Waals surface area contributed by atoms with Gasteiger partial charge < -0.3 is 19.9 Å². The summed E-state index contributed by atoms with van der Waals surface area (Å²) in [6.45, 7) is 4.78. The molecule has 0 spiro atoms. The maximum atomic E-state index is 6.02. The Morgan fingerprint density at radius 2 is 2.10 bits per heavy atom. The number of aliphatic imine (C=N–C) groups is 1. The minimum atomic E-state index is 0.566. The quantitative estimate of drug-likeness (QED) is 0.333. The standard InChI is InChI=1S/C21H32N6OS/c1-16-25-26-20(27(16)2)14-24-21(22-11-6-12-29-3)23-13-18-7-4-5-8-19(18)28-15-17-9-10-17/h4-5,7-8,17H,6,9-15H2,1-3H3,(H2,22,23,24). The molecule has 1 fully saturated rings. The predicted molar refractivity (Wildman–Crippen MR) is 119 cm³/mol. The second-order valence-electron chi connectivity index (χ2n) is 7.38. The number of aromatic nitrogens is 3. The molecule has 1 heterocycles. The number of hydrogen-bond acceptors (Lipinski definition) is 5. The Kier molecular flexibility index (Phi) is 8.22. The molecule has 0 amide bonds. The highest BCUT2D eigenvalue weighted by atomic mass is 32.2. The second kappa shape index (κ2) is 11.1. The van der Waals surface area contributed by atoms with Crippen molar-refractivity contribution in [2.75, 3.05) is 25.2 Å². The molecule has 7 nitrogen and oxygen atoms in total. The van der Waals surface area contributed by atoms with Crippen molar-refractivity contribution in [2.24, 2.45) is 18.0 Å². The predicted octanol–water partition coefficient (Wildman–Crippen LogP) is 2.90. The number of nitrogens with one attached hydrogen (secondary N) is 2. The van der Waals surface area contributed by atoms with Crippen LogP contribution < -0.4 is 15.4 Å². The van der Waals surface area contributed by atoms with Crippen LogP contribution in [0.1, 0.15) is 36.5 Å². The fourth-order valence-corrected chi connectivity index (χ4v) is 3.23. The van der Waals surface area contributed by atoms with E-state index in [-0.39, 0.29) is 0 Å². The van der Waals surface area contributed by atoms with Crippen molar-refractivity contribution in [2.45, 2.75) is 39.3 Å². The van der Waals surface area contributed by atoms with Crippen LogP contribution in [0.3, 0.4) is 0 Å². The minimum absolute atomic E-state index is 0.566. The van der Waals surface area contributed by atoms with Crippen molar-refractivity contribution in [1.82, 2.24) is 25.4 Å². The third kappa shape index (κ3) is 6.96. The lowest BCUT2D eigenvalue weighted by Crippen LogP contribution is -2.38. The summed E-state index contributed by atoms with van der Waals surface area (Å²) in [5, 5.41) is 15.2. The molecular weight excluding hydrogens is 384 g/mol. The van der Waals surface area contributed by atoms with Gasteiger partial charge >= 0.3 is 0 Å². The molecule has 2 aromatic rings. The summed E-state index contributed by atoms with van der Waals surface area (Å²) in [6.07, 6.45) is 5.79. The van der Waals surface area contributed by atoms with Gasteiger partial charge in [-0.3, -0.25) is 0 Å². The van der Waals surface area contributed by atoms with Crippen molar-refractivity contribution in [3.63, 3.8) is 0 Å². The Morgan fingerprint density at radius 3 is 2.83 bits per heavy atom. The molecule has 1 saturated carbocycles. The van der Waals surface area contributed by atoms with Crippen LogP contribution in [0.15, 0.2) is 29.3 Å². The Morgan fingerprint density at radius 1 is 1.28 bits per heavy atom. The van der Waals surface area contributed by atoms with Gasteiger partial charge in [-0.1, -0.05) is 18.2 Å². The average molecular weight is 417 g/mol. The first-order valence-electron chi connectivity index (χ1n) is 10.2. The molecule has 0 bridgehead atoms. The van der Waals surface area contributed by atoms with E-state index in [2.05, 4.69) is 33.2 Å². The second-order valence-corrected chi connectivity index (χ2v) is 8.36. The van der Waals surface area contributed by atoms with Gasteiger partial charge in [0.1, 0.15) is 11.6 Å². The molecule has 2 N–H and O–H groups in total. The molecule has 0 unspecified atom stereocenters. The molecule has 0 radical (unpaired) electrons. The lowest BCUT2D eigenvalue weighted by atomic mass is 10.2. The number of para-hydroxylation sites is 1. The number of thioether (sulfide) groups is 1. The SMILES string of the molecule is CSCCCNC(=NCc1ccccc1OCC1CC1)NCc1nnc(C)n1C. The molecular formula is C21H32N6OS. The maximum absolute atomic E-state index is 6.02. The zero-order valence-corrected chi connectivity index (χ0v) is 18.5. The number of rotatable bonds is 11. The van der Waals surface area contributed by atoms with E-state index in [0.717, 1.165) is 60.2 Å². The van der Waals surface area contributed by atoms with Crippen LogP contribution in [0.2, 0.25) is 0 Å². The van der Waals surface area contributed by atoms with Crippen LogP contribution in [0, 0.1) is 12.8 Å². The summed E-state index contributed by atoms with van der Waals surface area (Å²) in [7, 11) is 1.97. The zero-order valence-electron chi connectivity index (χ0n) is 17.6. The van der Waals surface area contributed by atoms with Gasteiger partial charge in [-0.05, 0) is 50.2 Å². The number of nitrogens with zero attached hydrogens (tertiary/aromatic N) is 4. The fraction of sp³-hybridized carbons (Fsp3) is 0.571. The number of benzene rings is 1. The van der Waals surface area contributed by atoms with E-state index in [1.165, 1.54) is 12.8 Å². The van der Waals surface area contributed by atoms with Gasteiger partial charge in [-0.2, -0.15) is 11.8 Å². The third-order valence-corrected chi connectivity index (χ3v) is 5.66. The van der Waals surface area contributed by atoms with Crippen molar-refractivity contribution < 1.29 is 4.74 Å². The van der Waals surface area contributed by atoms with Gasteiger partial charge in [0.05, 0.1) is 19.7 Å². The summed E-state index contributed by atoms with van der Waals surface area (Å²) in [6, 6.07) is 8.18. The minimum Gasteiger partial charge on any atom is -0.493 e. The molecule has 0 saturated heterocycles. The normalized spacial score (nSPS) is 14.1. The van der Waals surface area contributed by atoms with Gasteiger partial charge in [0.15, 0.2) is 11.8 Å². The Bertz CT molecular complexity index is 802. The molecule has 1 aromatic heterocycles. The first-order chi connectivity index (χ1) is 14.2. The summed E-state index contributed by atoms with van der Waals surface area (Å²) in [5.74, 6) is 5.36. The Labute approximate surface area is 177 Å². The van der Waals surface area contributed by atoms with Gasteiger partial charge in [-0.25, -0.2) is 4.99 Å². The van der Waals surface area contributed by atoms with Crippen molar-refractivity contribution in [1.29, 1.82) is 0 Å². The highest BCUT2D eigenvalue weighted by Gasteiger charge is 2.22. The molecule has 0 aliphatic heterocycles. The van der Waals surface area contributed by atoms with Gasteiger partial charge in [0.25, 0.3) is 0 Å². The van der Waals surface area contributed by atoms with Crippen LogP contribution in [-0.2, 0) is 20.1 Å². The van der Waals surface area contributed by atoms with E-state index >= 15 is 0 Å². The number of guanidine groups is 1. The summed E-state index contributed by atoms with van der Waals surface area (Å²) < 4.78 is 8.01. The topological polar surface area (TPSA) is 76.4 Å². The highest BCUT2D eigenvalue weighted by molar-refractivity contribution is 7.98. The molecule has 3 rings (SSSR count). The monoisotopic (exact) mass is 416 g/mol. The van der Waals surface area contributed by atoms with E-state index < -0.39 is 0 Å². The van der Waals surface area contributed by atoms with Gasteiger partial charge in [0, 0.05) is 19.2 Å². The van der Waals surface area contributed by atoms with Crippen LogP contribution in [0.4, 0.5) is 0 Å². The van der Waals surface area contributed by atoms with Crippen LogP contribution in [0.25, 0.3) is 0 Å². The summed E-state index contributed by atoms with van der Waals surface area (Å²) in [4.78, 5) is 4.80. The fourth-order valence-electron chi connectivity index (χ4n) is 2.80. The van der Waals surface area contributed by atoms with Crippen molar-refractivity contribution in [3.8, 4) is 5.75 Å². The molecule has 1 aliphatic rings. The van der Waals surface area contributed by atoms with E-state index in [1.807, 2.05) is 48.5 Å². The molecule has 29 heavy (non-hydrogen) atoms. The smallest absolute Gasteiger partial charge is 0.191 e. The van der Waals surface area contributed by atoms with Gasteiger partial charge in [0.2, 0.25) is 0 Å². The molecule has 1 aromatic carbocycles. The van der Waals surface area contributed by atoms with E-state index in [9.17, 15) is 0 Å². The van der Waals surface area contributed by atoms with E-state index in [4.69, 9.17) is 9.73 Å². The number of ether oxygens (including phenoxy) is 1. The summed E-state index contributed by atoms with van der Waals surface area (Å²) >= 11 is 1.85. The van der Waals surface area contributed by atoms with Gasteiger partial charge in [-0.15, -0.1) is 10.2 Å². The summed E-state index contributed by atoms with van der Waals surface area (Å²) in [5.41, 5.74) is 1.10. The maximum Gasteiger partial charge on any atom is 0.191 e. The lowest BCUT2D eigenvalue weighted by Gasteiger charge is -2.14. The van der Waals surface area contributed by atoms with Crippen LogP contribution >= 0.6 is 11.8 Å². The Hall–Kier alpha value is -2.22. The third-order valence-electron chi connectivity index (χ3n) is 4.97. The molecule has 1 aliphatic carbocycles. The average Bonchev–Trinajstić information content (AvgIpc) is 3.51. The van der Waals surface area contributed by atoms with Crippen molar-refractivity contribution >= 4 is 17.7 Å². The first kappa shape index (κ1) is 21.5. The zero-order chi connectivity index (χ0) is 20.5. The van der Waals surface area contributed by atoms with E-state index in [1.54, 1.807) is 0 Å². The molecule has 0 atom stereocenters. The molecule has 8 heteroatoms. The lowest BCUT2D eigenvalue weighted by molar-refractivity contribution is 0.297. The van der Waals surface area contributed by atoms with Crippen LogP contribution in [-0.4, -0.2) is 45.9 Å². The largest absolute Gasteiger partial charge is 0.493 e. The number of hydrogen-bond donors (Lipinski definition) is 2. The molecule has 158 valence electrons. The van der Waals surface area contributed by atoms with Crippen molar-refractivity contribution in [3.05, 3.63) is 41.5 Å². The number of aryl methyl sites for hydroxylation is 1. The van der Waals surface area contributed by atoms with Crippen LogP contribution in [0.5, 0.6) is 5.75 Å². The highest BCUT2D eigenvalue weighted by Crippen LogP contribution is 2.30. The van der Waals surface area contributed by atoms with E-state index in [0.29, 0.717) is 13.1 Å².